The molecule has 1 fully saturated rings. The number of nitrogens with one attached hydrogen (secondary N) is 1. The van der Waals surface area contributed by atoms with E-state index in [4.69, 9.17) is 19.6 Å². The molecule has 1 aliphatic heterocycles. The zero-order chi connectivity index (χ0) is 17.9. The van der Waals surface area contributed by atoms with Gasteiger partial charge in [-0.2, -0.15) is 10.1 Å². The highest BCUT2D eigenvalue weighted by Gasteiger charge is 2.45. The summed E-state index contributed by atoms with van der Waals surface area (Å²) >= 11 is 0. The predicted molar refractivity (Wildman–Crippen MR) is 98.1 cm³/mol. The van der Waals surface area contributed by atoms with Gasteiger partial charge < -0.3 is 14.8 Å². The number of hydrogen-bond acceptors (Lipinski definition) is 6. The second kappa shape index (κ2) is 5.33. The molecule has 3 aromatic rings. The summed E-state index contributed by atoms with van der Waals surface area (Å²) in [6.45, 7) is 6.51. The van der Waals surface area contributed by atoms with Crippen LogP contribution in [0.25, 0.3) is 11.0 Å². The minimum Gasteiger partial charge on any atom is -0.454 e. The maximum atomic E-state index is 5.47. The number of fused-ring (bicyclic) bond motifs is 2. The van der Waals surface area contributed by atoms with E-state index >= 15 is 0 Å². The Kier molecular flexibility index (Phi) is 3.16. The van der Waals surface area contributed by atoms with Gasteiger partial charge in [-0.05, 0) is 44.7 Å². The van der Waals surface area contributed by atoms with Crippen LogP contribution in [0.5, 0.6) is 11.5 Å². The first-order chi connectivity index (χ1) is 12.6. The first-order valence-electron chi connectivity index (χ1n) is 9.00. The minimum absolute atomic E-state index is 0.132. The van der Waals surface area contributed by atoms with E-state index in [1.807, 2.05) is 32.2 Å². The molecule has 1 N–H and O–H groups in total. The molecule has 2 aliphatic rings. The lowest BCUT2D eigenvalue weighted by Gasteiger charge is -2.14. The number of nitrogens with zero attached hydrogens (tertiary/aromatic N) is 4. The molecule has 7 heteroatoms. The molecule has 0 bridgehead atoms. The normalized spacial score (nSPS) is 16.9. The zero-order valence-electron chi connectivity index (χ0n) is 15.2. The van der Waals surface area contributed by atoms with Gasteiger partial charge in [-0.15, -0.1) is 0 Å². The molecule has 0 spiro atoms. The van der Waals surface area contributed by atoms with Gasteiger partial charge in [0.05, 0.1) is 16.6 Å². The molecule has 1 saturated carbocycles. The van der Waals surface area contributed by atoms with Gasteiger partial charge in [0, 0.05) is 18.0 Å². The van der Waals surface area contributed by atoms with E-state index in [-0.39, 0.29) is 12.3 Å². The molecular weight excluding hydrogens is 330 g/mol. The molecule has 5 rings (SSSR count). The fourth-order valence-electron chi connectivity index (χ4n) is 3.59. The Morgan fingerprint density at radius 3 is 2.69 bits per heavy atom. The molecule has 2 aromatic heterocycles. The summed E-state index contributed by atoms with van der Waals surface area (Å²) in [5, 5.41) is 9.09. The van der Waals surface area contributed by atoms with Crippen LogP contribution in [0.4, 0.5) is 11.6 Å². The third-order valence-electron chi connectivity index (χ3n) is 5.51. The molecule has 0 amide bonds. The summed E-state index contributed by atoms with van der Waals surface area (Å²) in [5.74, 6) is 2.08. The molecule has 26 heavy (non-hydrogen) atoms. The van der Waals surface area contributed by atoms with Crippen molar-refractivity contribution in [2.24, 2.45) is 0 Å². The van der Waals surface area contributed by atoms with Crippen molar-refractivity contribution in [2.75, 3.05) is 12.1 Å². The summed E-state index contributed by atoms with van der Waals surface area (Å²) < 4.78 is 13.0. The first kappa shape index (κ1) is 15.4. The van der Waals surface area contributed by atoms with Crippen LogP contribution in [0, 0.1) is 13.8 Å². The van der Waals surface area contributed by atoms with Gasteiger partial charge in [-0.3, -0.25) is 0 Å². The predicted octanol–water partition coefficient (Wildman–Crippen LogP) is 3.81. The Labute approximate surface area is 151 Å². The Hall–Kier alpha value is -2.83. The monoisotopic (exact) mass is 351 g/mol. The number of ether oxygens (including phenoxy) is 2. The summed E-state index contributed by atoms with van der Waals surface area (Å²) in [4.78, 5) is 9.28. The Balaban J connectivity index is 1.55. The molecule has 0 radical (unpaired) electrons. The highest BCUT2D eigenvalue weighted by atomic mass is 16.7. The molecule has 1 aromatic carbocycles. The second-order valence-electron chi connectivity index (χ2n) is 7.15. The van der Waals surface area contributed by atoms with Gasteiger partial charge in [-0.25, -0.2) is 9.67 Å². The van der Waals surface area contributed by atoms with Gasteiger partial charge in [0.1, 0.15) is 0 Å². The first-order valence-corrected chi connectivity index (χ1v) is 9.00. The molecule has 7 nitrogen and oxygen atoms in total. The quantitative estimate of drug-likeness (QED) is 0.770. The lowest BCUT2D eigenvalue weighted by atomic mass is 10.2. The largest absolute Gasteiger partial charge is 0.454 e. The van der Waals surface area contributed by atoms with E-state index in [0.29, 0.717) is 5.95 Å². The van der Waals surface area contributed by atoms with Crippen molar-refractivity contribution < 1.29 is 9.47 Å². The van der Waals surface area contributed by atoms with Crippen molar-refractivity contribution in [2.45, 2.75) is 45.6 Å². The summed E-state index contributed by atoms with van der Waals surface area (Å²) in [6, 6.07) is 3.90. The van der Waals surface area contributed by atoms with Crippen LogP contribution in [0.2, 0.25) is 0 Å². The van der Waals surface area contributed by atoms with Crippen molar-refractivity contribution in [3.63, 3.8) is 0 Å². The van der Waals surface area contributed by atoms with E-state index in [1.54, 1.807) is 0 Å². The molecule has 0 atom stereocenters. The van der Waals surface area contributed by atoms with Crippen LogP contribution in [0.15, 0.2) is 18.3 Å². The highest BCUT2D eigenvalue weighted by Crippen LogP contribution is 2.47. The van der Waals surface area contributed by atoms with E-state index in [2.05, 4.69) is 21.9 Å². The van der Waals surface area contributed by atoms with Crippen LogP contribution in [-0.2, 0) is 5.54 Å². The fourth-order valence-corrected chi connectivity index (χ4v) is 3.59. The smallest absolute Gasteiger partial charge is 0.231 e. The highest BCUT2D eigenvalue weighted by molar-refractivity contribution is 5.79. The van der Waals surface area contributed by atoms with Gasteiger partial charge >= 0.3 is 0 Å². The summed E-state index contributed by atoms with van der Waals surface area (Å²) in [7, 11) is 0. The van der Waals surface area contributed by atoms with Crippen LogP contribution >= 0.6 is 0 Å². The van der Waals surface area contributed by atoms with Gasteiger partial charge in [0.25, 0.3) is 0 Å². The molecule has 134 valence electrons. The van der Waals surface area contributed by atoms with Crippen molar-refractivity contribution in [3.05, 3.63) is 29.6 Å². The number of aromatic nitrogens is 4. The van der Waals surface area contributed by atoms with Crippen LogP contribution in [0.1, 0.15) is 37.4 Å². The minimum atomic E-state index is 0.132. The topological polar surface area (TPSA) is 74.1 Å². The number of hydrogen-bond donors (Lipinski definition) is 1. The van der Waals surface area contributed by atoms with E-state index in [9.17, 15) is 0 Å². The molecule has 0 saturated heterocycles. The number of aryl methyl sites for hydroxylation is 2. The molecule has 3 heterocycles. The number of benzene rings is 1. The lowest BCUT2D eigenvalue weighted by molar-refractivity contribution is 0.174. The fraction of sp³-hybridized carbons (Fsp3) is 0.421. The van der Waals surface area contributed by atoms with Crippen molar-refractivity contribution in [1.29, 1.82) is 0 Å². The molecule has 0 unspecified atom stereocenters. The maximum Gasteiger partial charge on any atom is 0.231 e. The average molecular weight is 351 g/mol. The Morgan fingerprint density at radius 1 is 1.19 bits per heavy atom. The van der Waals surface area contributed by atoms with Crippen LogP contribution < -0.4 is 14.8 Å². The number of anilines is 2. The Morgan fingerprint density at radius 2 is 1.96 bits per heavy atom. The van der Waals surface area contributed by atoms with Gasteiger partial charge in [0.15, 0.2) is 17.1 Å². The van der Waals surface area contributed by atoms with Crippen molar-refractivity contribution >= 4 is 22.7 Å². The van der Waals surface area contributed by atoms with E-state index in [1.165, 1.54) is 0 Å². The van der Waals surface area contributed by atoms with Crippen molar-refractivity contribution in [1.82, 2.24) is 19.7 Å². The van der Waals surface area contributed by atoms with Crippen LogP contribution in [0.3, 0.4) is 0 Å². The summed E-state index contributed by atoms with van der Waals surface area (Å²) in [5.41, 5.74) is 3.97. The van der Waals surface area contributed by atoms with Gasteiger partial charge in [0.2, 0.25) is 12.7 Å². The Bertz CT molecular complexity index is 1020. The second-order valence-corrected chi connectivity index (χ2v) is 7.15. The maximum absolute atomic E-state index is 5.47. The van der Waals surface area contributed by atoms with Gasteiger partial charge in [-0.1, -0.05) is 6.92 Å². The number of rotatable bonds is 4. The summed E-state index contributed by atoms with van der Waals surface area (Å²) in [6.07, 6.45) is 5.25. The average Bonchev–Trinajstić information content (AvgIpc) is 3.19. The third kappa shape index (κ3) is 2.23. The van der Waals surface area contributed by atoms with Crippen LogP contribution in [-0.4, -0.2) is 26.5 Å². The SMILES string of the molecule is CCC1(n2nc(C)c3cnc(Nc4cc5c(cc4C)OCO5)nc32)CC1. The third-order valence-corrected chi connectivity index (χ3v) is 5.51. The van der Waals surface area contributed by atoms with E-state index < -0.39 is 0 Å². The molecular formula is C19H21N5O2. The molecule has 1 aliphatic carbocycles. The van der Waals surface area contributed by atoms with E-state index in [0.717, 1.165) is 58.7 Å². The van der Waals surface area contributed by atoms with Crippen molar-refractivity contribution in [3.8, 4) is 11.5 Å². The standard InChI is InChI=1S/C19H21N5O2/c1-4-19(5-6-19)24-17-13(12(3)23-24)9-20-18(22-17)21-14-8-16-15(7-11(14)2)25-10-26-16/h7-9H,4-6,10H2,1-3H3,(H,20,21,22). The zero-order valence-corrected chi connectivity index (χ0v) is 15.2. The lowest BCUT2D eigenvalue weighted by Crippen LogP contribution is -2.18.